The number of rotatable bonds is 20. The Labute approximate surface area is 320 Å². The van der Waals surface area contributed by atoms with Gasteiger partial charge in [0.15, 0.2) is 0 Å². The molecule has 1 aromatic rings. The van der Waals surface area contributed by atoms with Gasteiger partial charge in [-0.15, -0.1) is 0 Å². The van der Waals surface area contributed by atoms with Crippen LogP contribution in [0.2, 0.25) is 0 Å². The lowest BCUT2D eigenvalue weighted by Gasteiger charge is -2.28. The molecule has 18 nitrogen and oxygen atoms in total. The number of nitrogens with two attached hydrogens (primary N) is 1. The summed E-state index contributed by atoms with van der Waals surface area (Å²) in [5, 5.41) is 22.0. The normalized spacial score (nSPS) is 15.9. The number of anilines is 1. The van der Waals surface area contributed by atoms with E-state index in [1.54, 1.807) is 72.7 Å². The van der Waals surface area contributed by atoms with Gasteiger partial charge in [-0.05, 0) is 48.3 Å². The second-order valence-electron chi connectivity index (χ2n) is 15.2. The molecule has 1 aliphatic heterocycles. The molecule has 0 radical (unpaired) electrons. The number of amides is 8. The summed E-state index contributed by atoms with van der Waals surface area (Å²) in [6, 6.07) is 1.82. The van der Waals surface area contributed by atoms with E-state index in [1.165, 1.54) is 0 Å². The predicted molar refractivity (Wildman–Crippen MR) is 198 cm³/mol. The van der Waals surface area contributed by atoms with Crippen LogP contribution in [0, 0.1) is 23.2 Å². The Bertz CT molecular complexity index is 1590. The van der Waals surface area contributed by atoms with E-state index in [9.17, 15) is 48.3 Å². The Kier molecular flexibility index (Phi) is 17.2. The van der Waals surface area contributed by atoms with E-state index in [0.717, 1.165) is 4.90 Å². The Hall–Kier alpha value is -5.55. The van der Waals surface area contributed by atoms with Crippen molar-refractivity contribution >= 4 is 59.1 Å². The number of benzene rings is 1. The molecule has 1 saturated heterocycles. The smallest absolute Gasteiger partial charge is 0.312 e. The summed E-state index contributed by atoms with van der Waals surface area (Å²) in [6.07, 6.45) is -0.712. The van der Waals surface area contributed by atoms with Crippen LogP contribution in [0.4, 0.5) is 10.5 Å². The Morgan fingerprint density at radius 1 is 0.891 bits per heavy atom. The van der Waals surface area contributed by atoms with Gasteiger partial charge in [-0.2, -0.15) is 0 Å². The Morgan fingerprint density at radius 2 is 1.51 bits per heavy atom. The summed E-state index contributed by atoms with van der Waals surface area (Å²) in [5.74, 6) is -7.35. The fourth-order valence-electron chi connectivity index (χ4n) is 5.52. The van der Waals surface area contributed by atoms with Gasteiger partial charge in [0, 0.05) is 25.1 Å². The van der Waals surface area contributed by atoms with Gasteiger partial charge in [-0.25, -0.2) is 4.79 Å². The van der Waals surface area contributed by atoms with E-state index in [4.69, 9.17) is 10.5 Å². The summed E-state index contributed by atoms with van der Waals surface area (Å²) in [6.45, 7) is 11.5. The van der Waals surface area contributed by atoms with Crippen molar-refractivity contribution in [2.24, 2.45) is 28.9 Å². The summed E-state index contributed by atoms with van der Waals surface area (Å²) < 4.78 is 5.22. The first kappa shape index (κ1) is 45.6. The van der Waals surface area contributed by atoms with Crippen LogP contribution < -0.4 is 32.3 Å². The zero-order valence-corrected chi connectivity index (χ0v) is 32.5. The fourth-order valence-corrected chi connectivity index (χ4v) is 5.52. The van der Waals surface area contributed by atoms with Gasteiger partial charge < -0.3 is 42.2 Å². The van der Waals surface area contributed by atoms with Gasteiger partial charge in [0.1, 0.15) is 31.3 Å². The zero-order valence-electron chi connectivity index (χ0n) is 32.5. The van der Waals surface area contributed by atoms with Gasteiger partial charge in [0.2, 0.25) is 35.4 Å². The monoisotopic (exact) mass is 773 g/mol. The number of carboxylic acids is 1. The third kappa shape index (κ3) is 15.0. The van der Waals surface area contributed by atoms with Gasteiger partial charge in [-0.1, -0.05) is 60.6 Å². The van der Waals surface area contributed by atoms with Crippen molar-refractivity contribution in [3.05, 3.63) is 29.8 Å². The average Bonchev–Trinajstić information content (AvgIpc) is 3.38. The highest BCUT2D eigenvalue weighted by atomic mass is 16.5. The number of carboxylic acid groups (broad SMARTS) is 1. The Morgan fingerprint density at radius 3 is 2.04 bits per heavy atom. The highest BCUT2D eigenvalue weighted by Gasteiger charge is 2.45. The maximum absolute atomic E-state index is 13.7. The van der Waals surface area contributed by atoms with Crippen LogP contribution in [0.5, 0.6) is 0 Å². The number of carbonyl (C=O) groups is 9. The molecule has 18 heteroatoms. The van der Waals surface area contributed by atoms with Crippen LogP contribution in [-0.4, -0.2) is 94.6 Å². The van der Waals surface area contributed by atoms with E-state index < -0.39 is 95.8 Å². The van der Waals surface area contributed by atoms with Crippen LogP contribution in [0.25, 0.3) is 0 Å². The van der Waals surface area contributed by atoms with Crippen molar-refractivity contribution in [3.63, 3.8) is 0 Å². The number of hydrogen-bond acceptors (Lipinski definition) is 10. The molecule has 55 heavy (non-hydrogen) atoms. The number of aliphatic carboxylic acids is 1. The van der Waals surface area contributed by atoms with Crippen molar-refractivity contribution in [3.8, 4) is 0 Å². The van der Waals surface area contributed by atoms with E-state index >= 15 is 0 Å². The lowest BCUT2D eigenvalue weighted by Crippen LogP contribution is -2.58. The second-order valence-corrected chi connectivity index (χ2v) is 15.2. The molecule has 8 N–H and O–H groups in total. The number of hydrogen-bond donors (Lipinski definition) is 7. The summed E-state index contributed by atoms with van der Waals surface area (Å²) in [5.41, 5.74) is 5.66. The van der Waals surface area contributed by atoms with Gasteiger partial charge >= 0.3 is 18.0 Å². The van der Waals surface area contributed by atoms with Crippen LogP contribution in [0.3, 0.4) is 0 Å². The third-order valence-electron chi connectivity index (χ3n) is 8.81. The molecule has 1 unspecified atom stereocenters. The summed E-state index contributed by atoms with van der Waals surface area (Å²) >= 11 is 0. The number of ether oxygens (including phenoxy) is 1. The highest BCUT2D eigenvalue weighted by Crippen LogP contribution is 2.35. The largest absolute Gasteiger partial charge is 0.481 e. The van der Waals surface area contributed by atoms with Crippen molar-refractivity contribution in [1.29, 1.82) is 0 Å². The summed E-state index contributed by atoms with van der Waals surface area (Å²) in [4.78, 5) is 114. The second kappa shape index (κ2) is 20.8. The van der Waals surface area contributed by atoms with Crippen molar-refractivity contribution in [2.75, 3.05) is 18.4 Å². The number of carbonyl (C=O) groups excluding carboxylic acids is 8. The Balaban J connectivity index is 2.19. The molecule has 1 aliphatic rings. The molecule has 0 spiro atoms. The van der Waals surface area contributed by atoms with Crippen LogP contribution in [0.1, 0.15) is 86.1 Å². The standard InChI is InChI=1S/C37H55N7O11/c1-20(2)30(43-32(50)26(14-15-29(47)48)41-27(45)18-44-28(46)17-24(34(44)52)37(5,6)7)33(51)42-25(9-8-16-39-36(38)54)31(49)40-23-12-10-22(11-13-23)19-55-35(53)21(3)4/h10-13,20-21,24-26,30H,8-9,14-19H2,1-7H3,(H,40,49)(H,41,45)(H,42,51)(H,43,50)(H,47,48)(H3,38,39,54)/t24?,25-,26-,30-/m0/s1. The molecule has 0 saturated carbocycles. The first-order valence-electron chi connectivity index (χ1n) is 18.2. The van der Waals surface area contributed by atoms with Crippen LogP contribution in [0.15, 0.2) is 24.3 Å². The van der Waals surface area contributed by atoms with Gasteiger partial charge in [-0.3, -0.25) is 43.3 Å². The van der Waals surface area contributed by atoms with E-state index in [-0.39, 0.29) is 50.7 Å². The minimum atomic E-state index is -1.46. The van der Waals surface area contributed by atoms with E-state index in [1.807, 2.05) is 0 Å². The molecule has 0 aliphatic carbocycles. The molecule has 304 valence electrons. The zero-order chi connectivity index (χ0) is 41.6. The first-order valence-corrected chi connectivity index (χ1v) is 18.2. The maximum Gasteiger partial charge on any atom is 0.312 e. The molecule has 0 aromatic heterocycles. The number of nitrogens with zero attached hydrogens (tertiary/aromatic N) is 1. The third-order valence-corrected chi connectivity index (χ3v) is 8.81. The number of nitrogens with one attached hydrogen (secondary N) is 5. The van der Waals surface area contributed by atoms with Gasteiger partial charge in [0.25, 0.3) is 0 Å². The summed E-state index contributed by atoms with van der Waals surface area (Å²) in [7, 11) is 0. The number of urea groups is 1. The van der Waals surface area contributed by atoms with E-state index in [2.05, 4.69) is 26.6 Å². The lowest BCUT2D eigenvalue weighted by atomic mass is 9.80. The predicted octanol–water partition coefficient (Wildman–Crippen LogP) is 1.17. The number of imide groups is 1. The maximum atomic E-state index is 13.7. The molecule has 4 atom stereocenters. The fraction of sp³-hybridized carbons (Fsp3) is 0.595. The number of primary amides is 1. The van der Waals surface area contributed by atoms with Crippen LogP contribution in [-0.2, 0) is 49.7 Å². The van der Waals surface area contributed by atoms with Gasteiger partial charge in [0.05, 0.1) is 11.8 Å². The first-order chi connectivity index (χ1) is 25.6. The molecule has 0 bridgehead atoms. The molecule has 1 fully saturated rings. The van der Waals surface area contributed by atoms with Crippen molar-refractivity contribution in [2.45, 2.75) is 105 Å². The SMILES string of the molecule is CC(C)C(=O)OCc1ccc(NC(=O)[C@H](CCCNC(N)=O)NC(=O)[C@@H](NC(=O)[C@H](CCC(=O)O)NC(=O)CN2C(=O)CC(C(C)(C)C)C2=O)C(C)C)cc1. The minimum Gasteiger partial charge on any atom is -0.481 e. The average molecular weight is 774 g/mol. The number of likely N-dealkylation sites (tertiary alicyclic amines) is 1. The lowest BCUT2D eigenvalue weighted by molar-refractivity contribution is -0.148. The highest BCUT2D eigenvalue weighted by molar-refractivity contribution is 6.06. The molecule has 8 amide bonds. The molecule has 1 heterocycles. The molecular formula is C37H55N7O11. The van der Waals surface area contributed by atoms with Crippen LogP contribution >= 0.6 is 0 Å². The molecule has 1 aromatic carbocycles. The molecular weight excluding hydrogens is 718 g/mol. The van der Waals surface area contributed by atoms with E-state index in [0.29, 0.717) is 11.3 Å². The van der Waals surface area contributed by atoms with Crippen molar-refractivity contribution in [1.82, 2.24) is 26.2 Å². The quantitative estimate of drug-likeness (QED) is 0.0561. The minimum absolute atomic E-state index is 0.0373. The topological polar surface area (TPSA) is 272 Å². The molecule has 2 rings (SSSR count). The van der Waals surface area contributed by atoms with Crippen molar-refractivity contribution < 1.29 is 53.0 Å². The number of esters is 1.